The second kappa shape index (κ2) is 52.2. The quantitative estimate of drug-likeness (QED) is 0.0125. The largest absolute Gasteiger partial charge is 0.507 e. The minimum absolute atomic E-state index is 0.0140. The molecule has 3 saturated heterocycles. The van der Waals surface area contributed by atoms with Gasteiger partial charge in [-0.25, -0.2) is 19.2 Å². The molecule has 25 heteroatoms. The summed E-state index contributed by atoms with van der Waals surface area (Å²) >= 11 is 3.45. The number of aromatic hydroxyl groups is 2. The van der Waals surface area contributed by atoms with Gasteiger partial charge < -0.3 is 80.2 Å². The van der Waals surface area contributed by atoms with Crippen LogP contribution >= 0.6 is 15.9 Å². The first kappa shape index (κ1) is 110. The summed E-state index contributed by atoms with van der Waals surface area (Å²) in [7, 11) is 0. The van der Waals surface area contributed by atoms with Gasteiger partial charge in [0, 0.05) is 115 Å². The molecule has 24 nitrogen and oxygen atoms in total. The number of nitrogens with zero attached hydrogens (tertiary/aromatic N) is 6. The van der Waals surface area contributed by atoms with Crippen molar-refractivity contribution in [2.24, 2.45) is 0 Å². The van der Waals surface area contributed by atoms with Crippen molar-refractivity contribution in [1.82, 2.24) is 29.4 Å². The molecule has 3 heterocycles. The third-order valence-electron chi connectivity index (χ3n) is 25.6. The Morgan fingerprint density at radius 1 is 0.283 bits per heavy atom. The maximum Gasteiger partial charge on any atom is 0.340 e. The number of anilines is 4. The van der Waals surface area contributed by atoms with Crippen LogP contribution in [0, 0.1) is 13.8 Å². The fraction of sp³-hybridized carbons (Fsp3) is 0.333. The van der Waals surface area contributed by atoms with Crippen molar-refractivity contribution in [3.8, 4) is 56.0 Å². The molecule has 3 aliphatic heterocycles. The average molecular weight is 2030 g/mol. The Bertz CT molecular complexity index is 6230. The zero-order valence-electron chi connectivity index (χ0n) is 86.1. The van der Waals surface area contributed by atoms with Crippen molar-refractivity contribution < 1.29 is 67.9 Å². The molecule has 0 unspecified atom stereocenters. The van der Waals surface area contributed by atoms with E-state index in [1.165, 1.54) is 12.1 Å². The van der Waals surface area contributed by atoms with Gasteiger partial charge in [0.1, 0.15) is 28.3 Å². The molecule has 7 N–H and O–H groups in total. The first-order valence-electron chi connectivity index (χ1n) is 50.1. The molecule has 0 saturated carbocycles. The predicted octanol–water partition coefficient (Wildman–Crippen LogP) is 22.5. The number of aryl methyl sites for hydroxylation is 3. The highest BCUT2D eigenvalue weighted by Gasteiger charge is 2.30. The van der Waals surface area contributed by atoms with E-state index < -0.39 is 52.5 Å². The molecule has 15 rings (SSSR count). The van der Waals surface area contributed by atoms with Crippen molar-refractivity contribution in [3.05, 3.63) is 345 Å². The summed E-state index contributed by atoms with van der Waals surface area (Å²) in [5, 5.41) is 42.9. The monoisotopic (exact) mass is 2020 g/mol. The Morgan fingerprint density at radius 2 is 0.517 bits per heavy atom. The molecule has 0 spiro atoms. The first-order valence-corrected chi connectivity index (χ1v) is 51.2. The maximum atomic E-state index is 13.6. The Balaban J connectivity index is 0.000000173. The van der Waals surface area contributed by atoms with Gasteiger partial charge in [-0.15, -0.1) is 0 Å². The summed E-state index contributed by atoms with van der Waals surface area (Å²) in [5.74, 6) is -4.38. The van der Waals surface area contributed by atoms with Crippen molar-refractivity contribution in [3.63, 3.8) is 0 Å². The third kappa shape index (κ3) is 32.9. The number of aromatic carboxylic acids is 1. The minimum Gasteiger partial charge on any atom is -0.507 e. The minimum atomic E-state index is -1.14. The van der Waals surface area contributed by atoms with E-state index in [1.807, 2.05) is 250 Å². The summed E-state index contributed by atoms with van der Waals surface area (Å²) in [6, 6.07) is 82.1. The summed E-state index contributed by atoms with van der Waals surface area (Å²) in [6.07, 6.45) is 3.25. The number of phenolic OH excluding ortho intramolecular Hbond substituents is 2. The Hall–Kier alpha value is -13.8. The van der Waals surface area contributed by atoms with Gasteiger partial charge in [-0.3, -0.25) is 19.2 Å². The first-order chi connectivity index (χ1) is 69.4. The summed E-state index contributed by atoms with van der Waals surface area (Å²) in [6.45, 7) is 45.6. The number of carbonyl (C=O) groups is 8. The number of rotatable bonds is 30. The number of hydrogen-bond acceptors (Lipinski definition) is 19. The van der Waals surface area contributed by atoms with Crippen molar-refractivity contribution in [2.45, 2.75) is 139 Å². The number of halogens is 1. The molecule has 0 aliphatic carbocycles. The fourth-order valence-corrected chi connectivity index (χ4v) is 17.7. The van der Waals surface area contributed by atoms with Gasteiger partial charge in [-0.2, -0.15) is 0 Å². The SMILES string of the molecule is CCN1CCN(CCc2ccc(C)c(C(=O)Nc3cc(-c4ccccc4)ccc3C(=O)OC(C)(C)C)c2)CC1.CCN1CCN(CCc2ccc(O)c(C(=O)Nc3cc(-c4ccccc4)ccc3C(=O)O)c2)CC1.CCN1CCN(CCc2ccc(O)c(C(=O)Nc3cc(-c4ccccc4)ccc3C(=O)OC(C)(C)C)c2)CC1.Cc1ccc(CCBr)cc1C(=O)Nc1cc(-c2ccccc2)ccc1C(=O)OC(C)(C)C. The number of benzene rings is 12. The van der Waals surface area contributed by atoms with E-state index in [9.17, 15) is 53.7 Å². The number of carboxylic acid groups (broad SMARTS) is 1. The average Bonchev–Trinajstić information content (AvgIpc) is 0.814. The summed E-state index contributed by atoms with van der Waals surface area (Å²) < 4.78 is 16.8. The number of carbonyl (C=O) groups excluding carboxylic acids is 7. The van der Waals surface area contributed by atoms with Gasteiger partial charge in [0.15, 0.2) is 0 Å². The third-order valence-corrected chi connectivity index (χ3v) is 26.0. The Morgan fingerprint density at radius 3 is 0.772 bits per heavy atom. The zero-order valence-corrected chi connectivity index (χ0v) is 87.6. The van der Waals surface area contributed by atoms with E-state index in [4.69, 9.17) is 14.2 Å². The van der Waals surface area contributed by atoms with Crippen molar-refractivity contribution in [2.75, 3.05) is 144 Å². The predicted molar refractivity (Wildman–Crippen MR) is 585 cm³/mol. The molecule has 12 aromatic carbocycles. The number of hydrogen-bond donors (Lipinski definition) is 7. The van der Waals surface area contributed by atoms with Crippen LogP contribution in [-0.4, -0.2) is 232 Å². The topological polar surface area (TPSA) is 292 Å². The summed E-state index contributed by atoms with van der Waals surface area (Å²) in [5.41, 5.74) is 15.0. The van der Waals surface area contributed by atoms with Crippen LogP contribution in [0.15, 0.2) is 267 Å². The number of nitrogens with one attached hydrogen (secondary N) is 4. The molecule has 145 heavy (non-hydrogen) atoms. The lowest BCUT2D eigenvalue weighted by atomic mass is 10.00. The van der Waals surface area contributed by atoms with E-state index in [0.717, 1.165) is 227 Å². The van der Waals surface area contributed by atoms with E-state index in [-0.39, 0.29) is 51.3 Å². The smallest absolute Gasteiger partial charge is 0.340 e. The van der Waals surface area contributed by atoms with E-state index in [1.54, 1.807) is 75.4 Å². The number of esters is 3. The van der Waals surface area contributed by atoms with Gasteiger partial charge in [0.05, 0.1) is 56.1 Å². The van der Waals surface area contributed by atoms with Gasteiger partial charge in [0.2, 0.25) is 0 Å². The lowest BCUT2D eigenvalue weighted by molar-refractivity contribution is 0.00580. The van der Waals surface area contributed by atoms with E-state index in [2.05, 4.69) is 93.4 Å². The van der Waals surface area contributed by atoms with Crippen molar-refractivity contribution >= 4 is 86.2 Å². The molecule has 0 radical (unpaired) electrons. The van der Waals surface area contributed by atoms with Gasteiger partial charge in [0.25, 0.3) is 23.6 Å². The van der Waals surface area contributed by atoms with Crippen LogP contribution in [0.2, 0.25) is 0 Å². The highest BCUT2D eigenvalue weighted by Crippen LogP contribution is 2.36. The van der Waals surface area contributed by atoms with E-state index >= 15 is 0 Å². The van der Waals surface area contributed by atoms with Crippen LogP contribution < -0.4 is 21.3 Å². The number of piperazine rings is 3. The molecule has 12 aromatic rings. The van der Waals surface area contributed by atoms with E-state index in [0.29, 0.717) is 39.3 Å². The normalized spacial score (nSPS) is 13.9. The number of phenols is 2. The second-order valence-corrected chi connectivity index (χ2v) is 40.4. The van der Waals surface area contributed by atoms with Crippen LogP contribution in [0.1, 0.15) is 199 Å². The molecular formula is C120H139BrN10O14. The second-order valence-electron chi connectivity index (χ2n) is 39.7. The Labute approximate surface area is 862 Å². The molecule has 4 amide bonds. The molecule has 760 valence electrons. The highest BCUT2D eigenvalue weighted by molar-refractivity contribution is 9.09. The lowest BCUT2D eigenvalue weighted by Gasteiger charge is -2.34. The standard InChI is InChI=1S/C33H41N3O3.C32H39N3O4.C28H31N3O4.C27H28BrNO3/c1-6-35-18-20-36(21-19-35)17-16-25-13-12-24(2)29(22-25)31(37)34-30-23-27(26-10-8-7-9-11-26)14-15-28(30)32(38)39-33(3,4)5;1-5-34-17-19-35(20-18-34)16-15-23-11-14-29(36)27(21-23)30(37)33-28-22-25(24-9-7-6-8-10-24)12-13-26(28)31(38)39-32(2,3)4;1-2-30-14-16-31(17-15-30)13-12-20-8-11-26(32)24(18-20)27(33)29-25-19-22(9-10-23(25)28(34)35)21-6-4-3-5-7-21;1-18-10-11-19(14-15-28)16-23(18)25(30)29-24-17-21(20-8-6-5-7-9-20)12-13-22(24)26(31)32-27(2,3)4/h7-15,22-23H,6,16-21H2,1-5H3,(H,34,37);6-14,21-22,36H,5,15-20H2,1-4H3,(H,33,37);3-11,18-19,32H,2,12-17H2,1H3,(H,29,33)(H,34,35);5-13,16-17H,14-15H2,1-4H3,(H,29,30). The molecule has 0 aromatic heterocycles. The van der Waals surface area contributed by atoms with Crippen molar-refractivity contribution in [1.29, 1.82) is 0 Å². The van der Waals surface area contributed by atoms with Crippen LogP contribution in [0.3, 0.4) is 0 Å². The zero-order chi connectivity index (χ0) is 104. The van der Waals surface area contributed by atoms with Gasteiger partial charge in [-0.05, 0) is 284 Å². The highest BCUT2D eigenvalue weighted by atomic mass is 79.9. The number of amides is 4. The number of likely N-dealkylation sites (N-methyl/N-ethyl adjacent to an activating group) is 3. The van der Waals surface area contributed by atoms with Gasteiger partial charge >= 0.3 is 23.9 Å². The van der Waals surface area contributed by atoms with Crippen LogP contribution in [0.4, 0.5) is 22.7 Å². The molecule has 0 atom stereocenters. The molecular weight excluding hydrogens is 1890 g/mol. The summed E-state index contributed by atoms with van der Waals surface area (Å²) in [4.78, 5) is 119. The number of alkyl halides is 1. The molecule has 3 aliphatic rings. The van der Waals surface area contributed by atoms with Crippen LogP contribution in [0.25, 0.3) is 44.5 Å². The fourth-order valence-electron chi connectivity index (χ4n) is 17.2. The maximum absolute atomic E-state index is 13.6. The lowest BCUT2D eigenvalue weighted by Crippen LogP contribution is -2.46. The molecule has 0 bridgehead atoms. The van der Waals surface area contributed by atoms with Crippen LogP contribution in [0.5, 0.6) is 11.5 Å². The number of ether oxygens (including phenoxy) is 3. The van der Waals surface area contributed by atoms with Gasteiger partial charge in [-0.1, -0.05) is 219 Å². The molecule has 3 fully saturated rings. The van der Waals surface area contributed by atoms with Crippen LogP contribution in [-0.2, 0) is 39.9 Å². The number of carboxylic acids is 1. The Kier molecular flexibility index (Phi) is 39.6.